The van der Waals surface area contributed by atoms with Crippen LogP contribution in [0.4, 0.5) is 0 Å². The van der Waals surface area contributed by atoms with E-state index in [1.165, 1.54) is 0 Å². The quantitative estimate of drug-likeness (QED) is 0.762. The Labute approximate surface area is 101 Å². The van der Waals surface area contributed by atoms with Crippen molar-refractivity contribution in [1.29, 1.82) is 0 Å². The van der Waals surface area contributed by atoms with Gasteiger partial charge in [0.05, 0.1) is 0 Å². The Kier molecular flexibility index (Phi) is 3.73. The smallest absolute Gasteiger partial charge is 0.222 e. The van der Waals surface area contributed by atoms with Gasteiger partial charge in [-0.05, 0) is 30.7 Å². The van der Waals surface area contributed by atoms with E-state index in [0.29, 0.717) is 11.5 Å². The zero-order valence-electron chi connectivity index (χ0n) is 9.37. The van der Waals surface area contributed by atoms with Crippen LogP contribution in [0.3, 0.4) is 0 Å². The molecule has 0 bridgehead atoms. The zero-order chi connectivity index (χ0) is 12.1. The normalized spacial score (nSPS) is 10.8. The molecule has 0 amide bonds. The fraction of sp³-hybridized carbons (Fsp3) is 0.0769. The molecule has 0 N–H and O–H groups in total. The van der Waals surface area contributed by atoms with Crippen LogP contribution in [0.5, 0.6) is 11.5 Å². The van der Waals surface area contributed by atoms with Crippen molar-refractivity contribution in [2.45, 2.75) is 6.92 Å². The summed E-state index contributed by atoms with van der Waals surface area (Å²) < 4.78 is 22.0. The molecular formula is C13H12O3P+. The number of hydrogen-bond donors (Lipinski definition) is 0. The van der Waals surface area contributed by atoms with E-state index in [1.807, 2.05) is 43.3 Å². The van der Waals surface area contributed by atoms with Crippen molar-refractivity contribution in [1.82, 2.24) is 0 Å². The van der Waals surface area contributed by atoms with Crippen molar-refractivity contribution in [3.8, 4) is 11.5 Å². The Bertz CT molecular complexity index is 511. The first-order valence-electron chi connectivity index (χ1n) is 5.19. The molecule has 0 saturated heterocycles. The first-order valence-corrected chi connectivity index (χ1v) is 6.29. The topological polar surface area (TPSA) is 35.5 Å². The van der Waals surface area contributed by atoms with Gasteiger partial charge >= 0.3 is 8.25 Å². The Morgan fingerprint density at radius 3 is 2.24 bits per heavy atom. The molecule has 0 aliphatic carbocycles. The van der Waals surface area contributed by atoms with Crippen molar-refractivity contribution < 1.29 is 13.6 Å². The molecule has 0 saturated carbocycles. The summed E-state index contributed by atoms with van der Waals surface area (Å²) in [6, 6.07) is 16.3. The van der Waals surface area contributed by atoms with Gasteiger partial charge in [0, 0.05) is 4.57 Å². The predicted molar refractivity (Wildman–Crippen MR) is 66.5 cm³/mol. The van der Waals surface area contributed by atoms with E-state index in [0.717, 1.165) is 5.56 Å². The average molecular weight is 247 g/mol. The molecule has 3 nitrogen and oxygen atoms in total. The number of aryl methyl sites for hydroxylation is 1. The van der Waals surface area contributed by atoms with Gasteiger partial charge in [-0.1, -0.05) is 36.4 Å². The summed E-state index contributed by atoms with van der Waals surface area (Å²) in [7, 11) is -2.20. The van der Waals surface area contributed by atoms with Gasteiger partial charge in [-0.2, -0.15) is 0 Å². The second-order valence-corrected chi connectivity index (χ2v) is 4.30. The maximum absolute atomic E-state index is 11.6. The van der Waals surface area contributed by atoms with E-state index in [2.05, 4.69) is 0 Å². The maximum atomic E-state index is 11.6. The third-order valence-electron chi connectivity index (χ3n) is 2.19. The molecule has 0 radical (unpaired) electrons. The van der Waals surface area contributed by atoms with Crippen LogP contribution >= 0.6 is 8.25 Å². The van der Waals surface area contributed by atoms with Gasteiger partial charge in [0.15, 0.2) is 11.5 Å². The van der Waals surface area contributed by atoms with E-state index in [-0.39, 0.29) is 0 Å². The molecular weight excluding hydrogens is 235 g/mol. The molecule has 2 aromatic carbocycles. The maximum Gasteiger partial charge on any atom is 0.805 e. The molecule has 86 valence electrons. The molecule has 1 unspecified atom stereocenters. The minimum absolute atomic E-state index is 0.530. The highest BCUT2D eigenvalue weighted by molar-refractivity contribution is 7.34. The molecule has 1 atom stereocenters. The Hall–Kier alpha value is -1.86. The lowest BCUT2D eigenvalue weighted by Crippen LogP contribution is -1.90. The molecule has 2 aromatic rings. The number of para-hydroxylation sites is 2. The molecule has 0 aromatic heterocycles. The summed E-state index contributed by atoms with van der Waals surface area (Å²) >= 11 is 0. The Balaban J connectivity index is 2.01. The van der Waals surface area contributed by atoms with Crippen molar-refractivity contribution >= 4 is 8.25 Å². The summed E-state index contributed by atoms with van der Waals surface area (Å²) in [5.41, 5.74) is 0.924. The highest BCUT2D eigenvalue weighted by atomic mass is 31.1. The van der Waals surface area contributed by atoms with Gasteiger partial charge < -0.3 is 0 Å². The fourth-order valence-corrected chi connectivity index (χ4v) is 2.02. The molecule has 0 aliphatic rings. The SMILES string of the molecule is Cc1ccccc1O[P+](=O)Oc1ccccc1. The monoisotopic (exact) mass is 247 g/mol. The summed E-state index contributed by atoms with van der Waals surface area (Å²) in [6.45, 7) is 1.89. The lowest BCUT2D eigenvalue weighted by atomic mass is 10.2. The predicted octanol–water partition coefficient (Wildman–Crippen LogP) is 4.11. The molecule has 4 heteroatoms. The van der Waals surface area contributed by atoms with Crippen molar-refractivity contribution in [2.75, 3.05) is 0 Å². The highest BCUT2D eigenvalue weighted by Gasteiger charge is 2.24. The fourth-order valence-electron chi connectivity index (χ4n) is 1.33. The van der Waals surface area contributed by atoms with Gasteiger partial charge in [0.1, 0.15) is 0 Å². The number of hydrogen-bond acceptors (Lipinski definition) is 3. The Morgan fingerprint density at radius 1 is 0.882 bits per heavy atom. The second kappa shape index (κ2) is 5.46. The van der Waals surface area contributed by atoms with E-state index in [1.54, 1.807) is 18.2 Å². The van der Waals surface area contributed by atoms with Crippen LogP contribution in [0.15, 0.2) is 54.6 Å². The molecule has 0 spiro atoms. The van der Waals surface area contributed by atoms with Crippen LogP contribution in [0.1, 0.15) is 5.56 Å². The third-order valence-corrected chi connectivity index (χ3v) is 2.90. The summed E-state index contributed by atoms with van der Waals surface area (Å²) in [5, 5.41) is 0. The van der Waals surface area contributed by atoms with Crippen LogP contribution in [-0.2, 0) is 4.57 Å². The van der Waals surface area contributed by atoms with E-state index >= 15 is 0 Å². The van der Waals surface area contributed by atoms with E-state index in [4.69, 9.17) is 9.05 Å². The minimum Gasteiger partial charge on any atom is -0.222 e. The molecule has 2 rings (SSSR count). The zero-order valence-corrected chi connectivity index (χ0v) is 10.3. The van der Waals surface area contributed by atoms with Gasteiger partial charge in [-0.15, -0.1) is 0 Å². The summed E-state index contributed by atoms with van der Waals surface area (Å²) in [6.07, 6.45) is 0. The summed E-state index contributed by atoms with van der Waals surface area (Å²) in [5.74, 6) is 1.10. The van der Waals surface area contributed by atoms with E-state index in [9.17, 15) is 4.57 Å². The van der Waals surface area contributed by atoms with Crippen LogP contribution in [-0.4, -0.2) is 0 Å². The largest absolute Gasteiger partial charge is 0.805 e. The van der Waals surface area contributed by atoms with Gasteiger partial charge in [-0.25, -0.2) is 9.05 Å². The van der Waals surface area contributed by atoms with Gasteiger partial charge in [0.25, 0.3) is 0 Å². The molecule has 0 heterocycles. The summed E-state index contributed by atoms with van der Waals surface area (Å²) in [4.78, 5) is 0. The molecule has 17 heavy (non-hydrogen) atoms. The molecule has 0 fully saturated rings. The van der Waals surface area contributed by atoms with Crippen LogP contribution in [0.2, 0.25) is 0 Å². The molecule has 0 aliphatic heterocycles. The first-order chi connectivity index (χ1) is 8.25. The lowest BCUT2D eigenvalue weighted by Gasteiger charge is -1.97. The highest BCUT2D eigenvalue weighted by Crippen LogP contribution is 2.31. The van der Waals surface area contributed by atoms with Crippen LogP contribution in [0.25, 0.3) is 0 Å². The van der Waals surface area contributed by atoms with Crippen LogP contribution < -0.4 is 9.05 Å². The van der Waals surface area contributed by atoms with Crippen molar-refractivity contribution in [3.63, 3.8) is 0 Å². The first kappa shape index (κ1) is 11.6. The van der Waals surface area contributed by atoms with Crippen LogP contribution in [0, 0.1) is 6.92 Å². The van der Waals surface area contributed by atoms with E-state index < -0.39 is 8.25 Å². The lowest BCUT2D eigenvalue weighted by molar-refractivity contribution is 0.414. The third kappa shape index (κ3) is 3.30. The van der Waals surface area contributed by atoms with Gasteiger partial charge in [-0.3, -0.25) is 0 Å². The second-order valence-electron chi connectivity index (χ2n) is 3.48. The average Bonchev–Trinajstić information content (AvgIpc) is 2.33. The van der Waals surface area contributed by atoms with Crippen molar-refractivity contribution in [2.24, 2.45) is 0 Å². The number of rotatable bonds is 4. The minimum atomic E-state index is -2.20. The van der Waals surface area contributed by atoms with Crippen molar-refractivity contribution in [3.05, 3.63) is 60.2 Å². The number of benzene rings is 2. The Morgan fingerprint density at radius 2 is 1.53 bits per heavy atom. The van der Waals surface area contributed by atoms with Gasteiger partial charge in [0.2, 0.25) is 0 Å². The standard InChI is InChI=1S/C13H12O3P/c1-11-7-5-6-10-13(11)16-17(14)15-12-8-3-2-4-9-12/h2-10H,1H3/q+1.